The van der Waals surface area contributed by atoms with Crippen LogP contribution in [0.5, 0.6) is 0 Å². The molecule has 0 bridgehead atoms. The van der Waals surface area contributed by atoms with Crippen LogP contribution in [0.25, 0.3) is 0 Å². The van der Waals surface area contributed by atoms with Crippen molar-refractivity contribution in [2.45, 2.75) is 97.3 Å². The number of unbranched alkanes of at least 4 members (excludes halogenated alkanes) is 3. The van der Waals surface area contributed by atoms with Gasteiger partial charge in [0.25, 0.3) is 0 Å². The van der Waals surface area contributed by atoms with Crippen LogP contribution in [-0.2, 0) is 14.4 Å². The van der Waals surface area contributed by atoms with Crippen LogP contribution in [0.1, 0.15) is 103 Å². The van der Waals surface area contributed by atoms with Gasteiger partial charge in [-0.1, -0.05) is 44.4 Å². The quantitative estimate of drug-likeness (QED) is 0.163. The molecule has 0 saturated heterocycles. The minimum absolute atomic E-state index is 0.0326. The standard InChI is InChI=1S/C34H47NO3/c1-5-10-28-26(19-22-37)13-16-29-32-18-17-31(24(2)38)34(32,3)23-30(33(28)29)25-11-14-27(15-12-25)35(4)20-8-6-7-9-21-36/h11-12,14-15,19,21-22,29-32H,5-10,13,16-18,20,23H2,1-4H3/b26-19-. The molecule has 0 aromatic heterocycles. The minimum atomic E-state index is 0.0326. The van der Waals surface area contributed by atoms with E-state index in [0.717, 1.165) is 83.3 Å². The normalized spacial score (nSPS) is 29.6. The van der Waals surface area contributed by atoms with Crippen LogP contribution in [0, 0.1) is 23.2 Å². The molecule has 0 N–H and O–H groups in total. The van der Waals surface area contributed by atoms with Crippen molar-refractivity contribution in [2.24, 2.45) is 23.2 Å². The maximum Gasteiger partial charge on any atom is 0.143 e. The smallest absolute Gasteiger partial charge is 0.143 e. The van der Waals surface area contributed by atoms with Gasteiger partial charge in [-0.3, -0.25) is 9.59 Å². The molecule has 38 heavy (non-hydrogen) atoms. The summed E-state index contributed by atoms with van der Waals surface area (Å²) < 4.78 is 0. The average Bonchev–Trinajstić information content (AvgIpc) is 3.26. The minimum Gasteiger partial charge on any atom is -0.375 e. The molecule has 1 aromatic carbocycles. The van der Waals surface area contributed by atoms with Gasteiger partial charge >= 0.3 is 0 Å². The summed E-state index contributed by atoms with van der Waals surface area (Å²) in [7, 11) is 2.15. The molecule has 4 nitrogen and oxygen atoms in total. The van der Waals surface area contributed by atoms with Crippen molar-refractivity contribution in [3.63, 3.8) is 0 Å². The predicted octanol–water partition coefficient (Wildman–Crippen LogP) is 7.62. The van der Waals surface area contributed by atoms with Gasteiger partial charge in [-0.25, -0.2) is 0 Å². The molecule has 5 unspecified atom stereocenters. The third-order valence-corrected chi connectivity index (χ3v) is 10.1. The lowest BCUT2D eigenvalue weighted by Crippen LogP contribution is -2.44. The summed E-state index contributed by atoms with van der Waals surface area (Å²) in [5.74, 6) is 1.86. The number of benzene rings is 1. The van der Waals surface area contributed by atoms with Crippen molar-refractivity contribution >= 4 is 24.0 Å². The highest BCUT2D eigenvalue weighted by atomic mass is 16.1. The Morgan fingerprint density at radius 2 is 1.84 bits per heavy atom. The third kappa shape index (κ3) is 5.60. The molecule has 0 heterocycles. The average molecular weight is 518 g/mol. The number of carbonyl (C=O) groups is 3. The second-order valence-electron chi connectivity index (χ2n) is 12.3. The monoisotopic (exact) mass is 517 g/mol. The van der Waals surface area contributed by atoms with Crippen molar-refractivity contribution in [1.29, 1.82) is 0 Å². The van der Waals surface area contributed by atoms with Crippen LogP contribution < -0.4 is 4.90 Å². The van der Waals surface area contributed by atoms with Gasteiger partial charge < -0.3 is 9.69 Å². The first-order chi connectivity index (χ1) is 18.3. The van der Waals surface area contributed by atoms with Gasteiger partial charge in [0.1, 0.15) is 18.4 Å². The maximum absolute atomic E-state index is 12.8. The van der Waals surface area contributed by atoms with E-state index in [1.54, 1.807) is 12.5 Å². The van der Waals surface area contributed by atoms with E-state index in [2.05, 4.69) is 50.1 Å². The molecular weight excluding hydrogens is 470 g/mol. The van der Waals surface area contributed by atoms with Crippen LogP contribution in [0.15, 0.2) is 47.1 Å². The van der Waals surface area contributed by atoms with Gasteiger partial charge in [0.05, 0.1) is 0 Å². The van der Waals surface area contributed by atoms with Crippen LogP contribution in [-0.4, -0.2) is 31.9 Å². The summed E-state index contributed by atoms with van der Waals surface area (Å²) >= 11 is 0. The zero-order chi connectivity index (χ0) is 27.3. The van der Waals surface area contributed by atoms with Gasteiger partial charge in [-0.15, -0.1) is 0 Å². The fourth-order valence-corrected chi connectivity index (χ4v) is 8.31. The number of anilines is 1. The Morgan fingerprint density at radius 3 is 2.50 bits per heavy atom. The van der Waals surface area contributed by atoms with Crippen molar-refractivity contribution in [1.82, 2.24) is 0 Å². The molecule has 0 amide bonds. The number of Topliss-reactive ketones (excluding diaryl/α,β-unsaturated/α-hetero) is 1. The SMILES string of the molecule is CCCC1=C2C(c3ccc(N(C)CCCCCC=O)cc3)CC3(C)C(C(C)=O)CCC3C2CC/C1=C/C=O. The molecule has 0 aliphatic heterocycles. The largest absolute Gasteiger partial charge is 0.375 e. The molecule has 0 radical (unpaired) electrons. The maximum atomic E-state index is 12.8. The molecule has 3 aliphatic rings. The molecular formula is C34H47NO3. The Hall–Kier alpha value is -2.49. The van der Waals surface area contributed by atoms with Crippen molar-refractivity contribution in [2.75, 3.05) is 18.5 Å². The molecule has 4 rings (SSSR count). The van der Waals surface area contributed by atoms with E-state index >= 15 is 0 Å². The topological polar surface area (TPSA) is 54.5 Å². The van der Waals surface area contributed by atoms with Crippen LogP contribution >= 0.6 is 0 Å². The lowest BCUT2D eigenvalue weighted by molar-refractivity contribution is -0.125. The van der Waals surface area contributed by atoms with Gasteiger partial charge in [0.2, 0.25) is 0 Å². The van der Waals surface area contributed by atoms with Crippen molar-refractivity contribution in [3.8, 4) is 0 Å². The summed E-state index contributed by atoms with van der Waals surface area (Å²) in [6, 6.07) is 9.14. The Morgan fingerprint density at radius 1 is 1.08 bits per heavy atom. The van der Waals surface area contributed by atoms with Crippen molar-refractivity contribution in [3.05, 3.63) is 52.6 Å². The lowest BCUT2D eigenvalue weighted by Gasteiger charge is -2.52. The summed E-state index contributed by atoms with van der Waals surface area (Å²) in [5.41, 5.74) is 6.86. The van der Waals surface area contributed by atoms with E-state index in [-0.39, 0.29) is 11.3 Å². The van der Waals surface area contributed by atoms with E-state index in [4.69, 9.17) is 0 Å². The van der Waals surface area contributed by atoms with Crippen molar-refractivity contribution < 1.29 is 14.4 Å². The molecule has 2 saturated carbocycles. The van der Waals surface area contributed by atoms with E-state index in [9.17, 15) is 14.4 Å². The number of aldehydes is 2. The molecule has 206 valence electrons. The third-order valence-electron chi connectivity index (χ3n) is 10.1. The van der Waals surface area contributed by atoms with Gasteiger partial charge in [0.15, 0.2) is 0 Å². The molecule has 1 aromatic rings. The van der Waals surface area contributed by atoms with E-state index < -0.39 is 0 Å². The van der Waals surface area contributed by atoms with Crippen LogP contribution in [0.3, 0.4) is 0 Å². The van der Waals surface area contributed by atoms with Gasteiger partial charge in [-0.2, -0.15) is 0 Å². The van der Waals surface area contributed by atoms with Gasteiger partial charge in [-0.05, 0) is 110 Å². The fraction of sp³-hybridized carbons (Fsp3) is 0.618. The Bertz CT molecular complexity index is 1070. The molecule has 0 spiro atoms. The number of rotatable bonds is 12. The second kappa shape index (κ2) is 12.6. The van der Waals surface area contributed by atoms with E-state index in [0.29, 0.717) is 30.0 Å². The zero-order valence-corrected chi connectivity index (χ0v) is 24.0. The number of carbonyl (C=O) groups excluding carboxylic acids is 3. The fourth-order valence-electron chi connectivity index (χ4n) is 8.31. The van der Waals surface area contributed by atoms with E-state index in [1.807, 2.05) is 6.08 Å². The highest BCUT2D eigenvalue weighted by Crippen LogP contribution is 2.65. The number of hydrogen-bond acceptors (Lipinski definition) is 4. The Kier molecular flexibility index (Phi) is 9.44. The number of nitrogens with zero attached hydrogens (tertiary/aromatic N) is 1. The lowest BCUT2D eigenvalue weighted by atomic mass is 9.52. The van der Waals surface area contributed by atoms with Crippen LogP contribution in [0.4, 0.5) is 5.69 Å². The first-order valence-electron chi connectivity index (χ1n) is 15.0. The molecule has 4 heteroatoms. The summed E-state index contributed by atoms with van der Waals surface area (Å²) in [6.45, 7) is 7.43. The predicted molar refractivity (Wildman–Crippen MR) is 155 cm³/mol. The van der Waals surface area contributed by atoms with Gasteiger partial charge in [0, 0.05) is 37.5 Å². The Balaban J connectivity index is 1.68. The molecule has 5 atom stereocenters. The second-order valence-corrected chi connectivity index (χ2v) is 12.3. The molecule has 3 aliphatic carbocycles. The first kappa shape index (κ1) is 28.5. The van der Waals surface area contributed by atoms with E-state index in [1.165, 1.54) is 22.4 Å². The summed E-state index contributed by atoms with van der Waals surface area (Å²) in [4.78, 5) is 37.2. The number of hydrogen-bond donors (Lipinski definition) is 0. The van der Waals surface area contributed by atoms with Crippen LogP contribution in [0.2, 0.25) is 0 Å². The highest BCUT2D eigenvalue weighted by Gasteiger charge is 2.57. The summed E-state index contributed by atoms with van der Waals surface area (Å²) in [5, 5.41) is 0. The highest BCUT2D eigenvalue weighted by molar-refractivity contribution is 5.80. The zero-order valence-electron chi connectivity index (χ0n) is 24.0. The number of ketones is 1. The molecule has 2 fully saturated rings. The Labute approximate surface area is 229 Å². The summed E-state index contributed by atoms with van der Waals surface area (Å²) in [6.07, 6.45) is 14.9. The number of fused-ring (bicyclic) bond motifs is 3. The number of allylic oxidation sites excluding steroid dienone is 4. The first-order valence-corrected chi connectivity index (χ1v) is 15.0.